The standard InChI is InChI=1S/C11H19N3O2/c1-4-16-11(15)10-7-12-8-14(10)6-5-13-9(2)3/h7-9,13H,4-6H2,1-3H3. The van der Waals surface area contributed by atoms with Crippen LogP contribution in [0.2, 0.25) is 0 Å². The Hall–Kier alpha value is -1.36. The Bertz CT molecular complexity index is 334. The first-order chi connectivity index (χ1) is 7.65. The summed E-state index contributed by atoms with van der Waals surface area (Å²) in [5, 5.41) is 3.28. The third-order valence-electron chi connectivity index (χ3n) is 2.10. The molecule has 5 nitrogen and oxygen atoms in total. The highest BCUT2D eigenvalue weighted by Gasteiger charge is 2.12. The molecule has 1 aromatic heterocycles. The van der Waals surface area contributed by atoms with Crippen LogP contribution in [-0.4, -0.2) is 34.7 Å². The highest BCUT2D eigenvalue weighted by atomic mass is 16.5. The van der Waals surface area contributed by atoms with E-state index in [4.69, 9.17) is 4.74 Å². The van der Waals surface area contributed by atoms with Gasteiger partial charge in [0.05, 0.1) is 19.1 Å². The van der Waals surface area contributed by atoms with Gasteiger partial charge in [-0.3, -0.25) is 0 Å². The second-order valence-corrected chi connectivity index (χ2v) is 3.80. The van der Waals surface area contributed by atoms with Gasteiger partial charge in [0, 0.05) is 19.1 Å². The molecule has 0 atom stereocenters. The fourth-order valence-corrected chi connectivity index (χ4v) is 1.35. The van der Waals surface area contributed by atoms with Crippen LogP contribution in [0.4, 0.5) is 0 Å². The highest BCUT2D eigenvalue weighted by molar-refractivity contribution is 5.87. The van der Waals surface area contributed by atoms with Gasteiger partial charge in [0.2, 0.25) is 0 Å². The van der Waals surface area contributed by atoms with E-state index in [1.165, 1.54) is 6.20 Å². The van der Waals surface area contributed by atoms with Gasteiger partial charge in [0.1, 0.15) is 5.69 Å². The molecule has 0 radical (unpaired) electrons. The summed E-state index contributed by atoms with van der Waals surface area (Å²) in [5.74, 6) is -0.315. The van der Waals surface area contributed by atoms with Gasteiger partial charge in [-0.1, -0.05) is 13.8 Å². The third-order valence-corrected chi connectivity index (χ3v) is 2.10. The van der Waals surface area contributed by atoms with Crippen molar-refractivity contribution in [3.05, 3.63) is 18.2 Å². The van der Waals surface area contributed by atoms with Crippen molar-refractivity contribution in [3.8, 4) is 0 Å². The lowest BCUT2D eigenvalue weighted by Crippen LogP contribution is -2.27. The minimum Gasteiger partial charge on any atom is -0.461 e. The molecule has 0 amide bonds. The zero-order valence-corrected chi connectivity index (χ0v) is 10.1. The van der Waals surface area contributed by atoms with Crippen LogP contribution in [0.25, 0.3) is 0 Å². The quantitative estimate of drug-likeness (QED) is 0.735. The second kappa shape index (κ2) is 6.27. The number of rotatable bonds is 6. The van der Waals surface area contributed by atoms with Gasteiger partial charge in [-0.15, -0.1) is 0 Å². The molecule has 0 aromatic carbocycles. The molecule has 1 aromatic rings. The van der Waals surface area contributed by atoms with Gasteiger partial charge < -0.3 is 14.6 Å². The predicted molar refractivity (Wildman–Crippen MR) is 61.3 cm³/mol. The zero-order valence-electron chi connectivity index (χ0n) is 10.1. The number of ether oxygens (including phenoxy) is 1. The van der Waals surface area contributed by atoms with Crippen molar-refractivity contribution >= 4 is 5.97 Å². The average molecular weight is 225 g/mol. The largest absolute Gasteiger partial charge is 0.461 e. The van der Waals surface area contributed by atoms with Crippen molar-refractivity contribution in [1.82, 2.24) is 14.9 Å². The van der Waals surface area contributed by atoms with Crippen LogP contribution < -0.4 is 5.32 Å². The third kappa shape index (κ3) is 3.66. The van der Waals surface area contributed by atoms with E-state index < -0.39 is 0 Å². The average Bonchev–Trinajstić information content (AvgIpc) is 2.66. The lowest BCUT2D eigenvalue weighted by molar-refractivity contribution is 0.0513. The Labute approximate surface area is 95.8 Å². The minimum absolute atomic E-state index is 0.315. The molecule has 0 fully saturated rings. The van der Waals surface area contributed by atoms with Gasteiger partial charge in [0.15, 0.2) is 0 Å². The highest BCUT2D eigenvalue weighted by Crippen LogP contribution is 2.01. The number of carbonyl (C=O) groups is 1. The van der Waals surface area contributed by atoms with E-state index in [1.54, 1.807) is 17.8 Å². The Balaban J connectivity index is 2.53. The monoisotopic (exact) mass is 225 g/mol. The van der Waals surface area contributed by atoms with Crippen LogP contribution >= 0.6 is 0 Å². The minimum atomic E-state index is -0.315. The van der Waals surface area contributed by atoms with E-state index in [2.05, 4.69) is 24.1 Å². The predicted octanol–water partition coefficient (Wildman–Crippen LogP) is 1.06. The number of imidazole rings is 1. The van der Waals surface area contributed by atoms with Crippen LogP contribution in [-0.2, 0) is 11.3 Å². The lowest BCUT2D eigenvalue weighted by atomic mass is 10.4. The smallest absolute Gasteiger partial charge is 0.356 e. The molecule has 0 bridgehead atoms. The summed E-state index contributed by atoms with van der Waals surface area (Å²) >= 11 is 0. The first-order valence-electron chi connectivity index (χ1n) is 5.55. The summed E-state index contributed by atoms with van der Waals surface area (Å²) in [7, 11) is 0. The molecule has 0 unspecified atom stereocenters. The fraction of sp³-hybridized carbons (Fsp3) is 0.636. The molecule has 16 heavy (non-hydrogen) atoms. The molecular weight excluding hydrogens is 206 g/mol. The van der Waals surface area contributed by atoms with Crippen LogP contribution in [0.15, 0.2) is 12.5 Å². The van der Waals surface area contributed by atoms with E-state index in [-0.39, 0.29) is 5.97 Å². The van der Waals surface area contributed by atoms with E-state index in [0.717, 1.165) is 6.54 Å². The summed E-state index contributed by atoms with van der Waals surface area (Å²) in [6, 6.07) is 0.439. The van der Waals surface area contributed by atoms with Gasteiger partial charge >= 0.3 is 5.97 Å². The van der Waals surface area contributed by atoms with Crippen molar-refractivity contribution in [2.45, 2.75) is 33.4 Å². The first-order valence-corrected chi connectivity index (χ1v) is 5.55. The molecule has 0 aliphatic carbocycles. The Morgan fingerprint density at radius 2 is 2.38 bits per heavy atom. The van der Waals surface area contributed by atoms with Crippen LogP contribution in [0.1, 0.15) is 31.3 Å². The maximum atomic E-state index is 11.5. The fourth-order valence-electron chi connectivity index (χ4n) is 1.35. The Morgan fingerprint density at radius 3 is 3.00 bits per heavy atom. The van der Waals surface area contributed by atoms with Crippen molar-refractivity contribution in [2.24, 2.45) is 0 Å². The van der Waals surface area contributed by atoms with Crippen LogP contribution in [0.5, 0.6) is 0 Å². The van der Waals surface area contributed by atoms with Crippen molar-refractivity contribution in [1.29, 1.82) is 0 Å². The molecule has 90 valence electrons. The topological polar surface area (TPSA) is 56.1 Å². The molecule has 1 N–H and O–H groups in total. The molecule has 0 saturated carbocycles. The Morgan fingerprint density at radius 1 is 1.62 bits per heavy atom. The maximum Gasteiger partial charge on any atom is 0.356 e. The van der Waals surface area contributed by atoms with E-state index in [9.17, 15) is 4.79 Å². The Kier molecular flexibility index (Phi) is 4.98. The van der Waals surface area contributed by atoms with Gasteiger partial charge in [-0.2, -0.15) is 0 Å². The van der Waals surface area contributed by atoms with Gasteiger partial charge in [-0.05, 0) is 6.92 Å². The molecule has 1 heterocycles. The summed E-state index contributed by atoms with van der Waals surface area (Å²) in [4.78, 5) is 15.5. The molecule has 1 rings (SSSR count). The van der Waals surface area contributed by atoms with Gasteiger partial charge in [-0.25, -0.2) is 9.78 Å². The summed E-state index contributed by atoms with van der Waals surface area (Å²) in [6.45, 7) is 7.86. The summed E-state index contributed by atoms with van der Waals surface area (Å²) < 4.78 is 6.73. The number of aromatic nitrogens is 2. The SMILES string of the molecule is CCOC(=O)c1cncn1CCNC(C)C. The molecular formula is C11H19N3O2. The normalized spacial score (nSPS) is 10.8. The molecule has 0 aliphatic heterocycles. The number of nitrogens with one attached hydrogen (secondary N) is 1. The van der Waals surface area contributed by atoms with Crippen molar-refractivity contribution < 1.29 is 9.53 Å². The van der Waals surface area contributed by atoms with Crippen LogP contribution in [0, 0.1) is 0 Å². The summed E-state index contributed by atoms with van der Waals surface area (Å²) in [5.41, 5.74) is 0.507. The number of esters is 1. The maximum absolute atomic E-state index is 11.5. The number of carbonyl (C=O) groups excluding carboxylic acids is 1. The molecule has 0 saturated heterocycles. The number of hydrogen-bond donors (Lipinski definition) is 1. The van der Waals surface area contributed by atoms with Crippen LogP contribution in [0.3, 0.4) is 0 Å². The number of hydrogen-bond acceptors (Lipinski definition) is 4. The second-order valence-electron chi connectivity index (χ2n) is 3.80. The zero-order chi connectivity index (χ0) is 12.0. The first kappa shape index (κ1) is 12.7. The summed E-state index contributed by atoms with van der Waals surface area (Å²) in [6.07, 6.45) is 3.18. The van der Waals surface area contributed by atoms with Crippen molar-refractivity contribution in [3.63, 3.8) is 0 Å². The van der Waals surface area contributed by atoms with E-state index in [1.807, 2.05) is 0 Å². The van der Waals surface area contributed by atoms with Gasteiger partial charge in [0.25, 0.3) is 0 Å². The lowest BCUT2D eigenvalue weighted by Gasteiger charge is -2.10. The van der Waals surface area contributed by atoms with E-state index in [0.29, 0.717) is 24.9 Å². The number of nitrogens with zero attached hydrogens (tertiary/aromatic N) is 2. The van der Waals surface area contributed by atoms with Crippen molar-refractivity contribution in [2.75, 3.05) is 13.2 Å². The molecule has 5 heteroatoms. The van der Waals surface area contributed by atoms with E-state index >= 15 is 0 Å². The molecule has 0 aliphatic rings. The molecule has 0 spiro atoms.